The van der Waals surface area contributed by atoms with Crippen molar-refractivity contribution in [2.75, 3.05) is 7.11 Å². The zero-order valence-electron chi connectivity index (χ0n) is 6.34. The van der Waals surface area contributed by atoms with Crippen LogP contribution in [0.4, 0.5) is 0 Å². The van der Waals surface area contributed by atoms with Crippen LogP contribution in [0.15, 0.2) is 17.0 Å². The molecule has 0 aliphatic heterocycles. The van der Waals surface area contributed by atoms with Gasteiger partial charge in [0.15, 0.2) is 0 Å². The van der Waals surface area contributed by atoms with E-state index < -0.39 is 0 Å². The molecular formula is C8H6INOS. The first-order valence-electron chi connectivity index (χ1n) is 3.15. The van der Waals surface area contributed by atoms with Crippen LogP contribution in [0, 0.1) is 14.9 Å². The van der Waals surface area contributed by atoms with Crippen molar-refractivity contribution < 1.29 is 4.74 Å². The Morgan fingerprint density at radius 1 is 1.58 bits per heavy atom. The molecule has 0 amide bonds. The summed E-state index contributed by atoms with van der Waals surface area (Å²) in [4.78, 5) is 0.598. The lowest BCUT2D eigenvalue weighted by atomic mass is 10.2. The number of rotatable bonds is 1. The maximum absolute atomic E-state index is 8.71. The molecule has 0 atom stereocenters. The van der Waals surface area contributed by atoms with E-state index in [2.05, 4.69) is 35.2 Å². The minimum Gasteiger partial charge on any atom is -0.496 e. The van der Waals surface area contributed by atoms with Gasteiger partial charge >= 0.3 is 0 Å². The van der Waals surface area contributed by atoms with Crippen LogP contribution in [0.5, 0.6) is 5.75 Å². The second-order valence-corrected chi connectivity index (χ2v) is 3.81. The first kappa shape index (κ1) is 9.68. The van der Waals surface area contributed by atoms with Crippen molar-refractivity contribution in [3.05, 3.63) is 21.3 Å². The largest absolute Gasteiger partial charge is 0.496 e. The molecule has 0 aromatic heterocycles. The molecular weight excluding hydrogens is 285 g/mol. The summed E-state index contributed by atoms with van der Waals surface area (Å²) in [5.74, 6) is 0.641. The summed E-state index contributed by atoms with van der Waals surface area (Å²) in [6.07, 6.45) is 0. The van der Waals surface area contributed by atoms with E-state index in [-0.39, 0.29) is 0 Å². The first-order valence-corrected chi connectivity index (χ1v) is 4.68. The van der Waals surface area contributed by atoms with Crippen LogP contribution in [-0.2, 0) is 0 Å². The average Bonchev–Trinajstić information content (AvgIpc) is 2.08. The van der Waals surface area contributed by atoms with Crippen molar-refractivity contribution in [1.29, 1.82) is 5.26 Å². The summed E-state index contributed by atoms with van der Waals surface area (Å²) in [7, 11) is 1.56. The SMILES string of the molecule is COc1cc(I)cc(C#N)c1S. The number of benzene rings is 1. The molecule has 0 unspecified atom stereocenters. The molecule has 0 radical (unpaired) electrons. The van der Waals surface area contributed by atoms with Crippen molar-refractivity contribution in [2.45, 2.75) is 4.90 Å². The zero-order chi connectivity index (χ0) is 9.14. The molecule has 0 aliphatic rings. The third kappa shape index (κ3) is 1.84. The molecule has 2 nitrogen and oxygen atoms in total. The highest BCUT2D eigenvalue weighted by molar-refractivity contribution is 14.1. The second-order valence-electron chi connectivity index (χ2n) is 2.12. The van der Waals surface area contributed by atoms with Crippen LogP contribution in [0.25, 0.3) is 0 Å². The van der Waals surface area contributed by atoms with E-state index in [1.54, 1.807) is 13.2 Å². The highest BCUT2D eigenvalue weighted by Crippen LogP contribution is 2.28. The van der Waals surface area contributed by atoms with Gasteiger partial charge in [0, 0.05) is 3.57 Å². The molecule has 12 heavy (non-hydrogen) atoms. The summed E-state index contributed by atoms with van der Waals surface area (Å²) < 4.78 is 6.01. The van der Waals surface area contributed by atoms with Crippen molar-refractivity contribution >= 4 is 35.2 Å². The average molecular weight is 291 g/mol. The van der Waals surface area contributed by atoms with Gasteiger partial charge in [0.1, 0.15) is 11.8 Å². The standard InChI is InChI=1S/C8H6INOS/c1-11-7-3-6(9)2-5(4-10)8(7)12/h2-3,12H,1H3. The van der Waals surface area contributed by atoms with E-state index in [9.17, 15) is 0 Å². The molecule has 1 rings (SSSR count). The van der Waals surface area contributed by atoms with E-state index >= 15 is 0 Å². The Morgan fingerprint density at radius 2 is 2.25 bits per heavy atom. The van der Waals surface area contributed by atoms with Crippen LogP contribution in [0.3, 0.4) is 0 Å². The zero-order valence-corrected chi connectivity index (χ0v) is 9.39. The lowest BCUT2D eigenvalue weighted by Crippen LogP contribution is -1.89. The third-order valence-electron chi connectivity index (χ3n) is 1.38. The number of halogens is 1. The molecule has 4 heteroatoms. The van der Waals surface area contributed by atoms with Crippen LogP contribution in [-0.4, -0.2) is 7.11 Å². The number of nitriles is 1. The van der Waals surface area contributed by atoms with E-state index in [0.717, 1.165) is 3.57 Å². The highest BCUT2D eigenvalue weighted by atomic mass is 127. The molecule has 0 saturated heterocycles. The van der Waals surface area contributed by atoms with Gasteiger partial charge in [-0.1, -0.05) is 0 Å². The number of hydrogen-bond donors (Lipinski definition) is 1. The molecule has 0 spiro atoms. The Bertz CT molecular complexity index is 346. The Kier molecular flexibility index (Phi) is 3.23. The molecule has 1 aromatic carbocycles. The maximum atomic E-state index is 8.71. The minimum absolute atomic E-state index is 0.544. The van der Waals surface area contributed by atoms with Gasteiger partial charge in [-0.2, -0.15) is 5.26 Å². The van der Waals surface area contributed by atoms with E-state index in [1.807, 2.05) is 12.1 Å². The topological polar surface area (TPSA) is 33.0 Å². The number of nitrogens with zero attached hydrogens (tertiary/aromatic N) is 1. The lowest BCUT2D eigenvalue weighted by molar-refractivity contribution is 0.404. The van der Waals surface area contributed by atoms with Crippen LogP contribution >= 0.6 is 35.2 Å². The van der Waals surface area contributed by atoms with Crippen molar-refractivity contribution in [3.8, 4) is 11.8 Å². The van der Waals surface area contributed by atoms with Gasteiger partial charge in [0.05, 0.1) is 17.6 Å². The number of hydrogen-bond acceptors (Lipinski definition) is 3. The predicted octanol–water partition coefficient (Wildman–Crippen LogP) is 2.46. The van der Waals surface area contributed by atoms with Gasteiger partial charge in [-0.15, -0.1) is 12.6 Å². The summed E-state index contributed by atoms with van der Waals surface area (Å²) in [6, 6.07) is 5.66. The number of ether oxygens (including phenoxy) is 1. The van der Waals surface area contributed by atoms with E-state index in [1.165, 1.54) is 0 Å². The summed E-state index contributed by atoms with van der Waals surface area (Å²) in [6.45, 7) is 0. The maximum Gasteiger partial charge on any atom is 0.134 e. The quantitative estimate of drug-likeness (QED) is 0.637. The second kappa shape index (κ2) is 4.01. The van der Waals surface area contributed by atoms with Gasteiger partial charge in [-0.25, -0.2) is 0 Å². The molecule has 0 heterocycles. The molecule has 0 N–H and O–H groups in total. The minimum atomic E-state index is 0.544. The fourth-order valence-corrected chi connectivity index (χ4v) is 1.68. The van der Waals surface area contributed by atoms with Crippen molar-refractivity contribution in [3.63, 3.8) is 0 Å². The fraction of sp³-hybridized carbons (Fsp3) is 0.125. The monoisotopic (exact) mass is 291 g/mol. The van der Waals surface area contributed by atoms with E-state index in [0.29, 0.717) is 16.2 Å². The van der Waals surface area contributed by atoms with Crippen molar-refractivity contribution in [2.24, 2.45) is 0 Å². The normalized spacial score (nSPS) is 9.17. The Morgan fingerprint density at radius 3 is 2.75 bits per heavy atom. The molecule has 0 aliphatic carbocycles. The number of thiol groups is 1. The molecule has 0 saturated carbocycles. The molecule has 1 aromatic rings. The Hall–Kier alpha value is -0.410. The van der Waals surface area contributed by atoms with Crippen LogP contribution in [0.2, 0.25) is 0 Å². The van der Waals surface area contributed by atoms with Gasteiger partial charge < -0.3 is 4.74 Å². The highest BCUT2D eigenvalue weighted by Gasteiger charge is 2.06. The van der Waals surface area contributed by atoms with E-state index in [4.69, 9.17) is 10.00 Å². The summed E-state index contributed by atoms with van der Waals surface area (Å²) in [5.41, 5.74) is 0.544. The molecule has 0 fully saturated rings. The fourth-order valence-electron chi connectivity index (χ4n) is 0.815. The first-order chi connectivity index (χ1) is 5.69. The van der Waals surface area contributed by atoms with Crippen molar-refractivity contribution in [1.82, 2.24) is 0 Å². The van der Waals surface area contributed by atoms with Gasteiger partial charge in [-0.05, 0) is 34.7 Å². The molecule has 0 bridgehead atoms. The van der Waals surface area contributed by atoms with Crippen LogP contribution in [0.1, 0.15) is 5.56 Å². The Labute approximate surface area is 90.1 Å². The van der Waals surface area contributed by atoms with Gasteiger partial charge in [0.2, 0.25) is 0 Å². The lowest BCUT2D eigenvalue weighted by Gasteiger charge is -2.05. The molecule has 62 valence electrons. The third-order valence-corrected chi connectivity index (χ3v) is 2.46. The Balaban J connectivity index is 3.34. The summed E-state index contributed by atoms with van der Waals surface area (Å²) in [5, 5.41) is 8.71. The van der Waals surface area contributed by atoms with Gasteiger partial charge in [0.25, 0.3) is 0 Å². The van der Waals surface area contributed by atoms with Crippen LogP contribution < -0.4 is 4.74 Å². The summed E-state index contributed by atoms with van der Waals surface area (Å²) >= 11 is 6.30. The van der Waals surface area contributed by atoms with Gasteiger partial charge in [-0.3, -0.25) is 0 Å². The number of methoxy groups -OCH3 is 1. The predicted molar refractivity (Wildman–Crippen MR) is 57.7 cm³/mol. The smallest absolute Gasteiger partial charge is 0.134 e.